The van der Waals surface area contributed by atoms with Crippen LogP contribution in [0.15, 0.2) is 11.6 Å². The van der Waals surface area contributed by atoms with Gasteiger partial charge in [0.05, 0.1) is 5.41 Å². The zero-order valence-electron chi connectivity index (χ0n) is 24.1. The molecule has 0 heterocycles. The third-order valence-corrected chi connectivity index (χ3v) is 13.3. The molecular weight excluding hydrogens is 448 g/mol. The fourth-order valence-corrected chi connectivity index (χ4v) is 11.0. The minimum atomic E-state index is -0.574. The van der Waals surface area contributed by atoms with Crippen molar-refractivity contribution in [2.24, 2.45) is 50.2 Å². The number of rotatable bonds is 2. The molecule has 4 heteroatoms. The molecule has 0 aromatic heterocycles. The number of allylic oxidation sites excluding steroid dienone is 2. The van der Waals surface area contributed by atoms with Crippen LogP contribution < -0.4 is 0 Å². The quantitative estimate of drug-likeness (QED) is 0.311. The van der Waals surface area contributed by atoms with Gasteiger partial charge in [-0.2, -0.15) is 0 Å². The molecule has 0 aliphatic heterocycles. The van der Waals surface area contributed by atoms with Crippen LogP contribution in [0.25, 0.3) is 0 Å². The second-order valence-electron chi connectivity index (χ2n) is 15.6. The molecule has 36 heavy (non-hydrogen) atoms. The highest BCUT2D eigenvalue weighted by Gasteiger charge is 2.69. The number of carboxylic acids is 1. The van der Waals surface area contributed by atoms with Gasteiger partial charge in [0.2, 0.25) is 0 Å². The number of hydrogen-bond acceptors (Lipinski definition) is 3. The summed E-state index contributed by atoms with van der Waals surface area (Å²) >= 11 is 0. The van der Waals surface area contributed by atoms with Gasteiger partial charge in [-0.05, 0) is 104 Å². The molecule has 8 atom stereocenters. The van der Waals surface area contributed by atoms with Crippen molar-refractivity contribution in [1.82, 2.24) is 0 Å². The highest BCUT2D eigenvalue weighted by atomic mass is 16.5. The van der Waals surface area contributed by atoms with E-state index in [1.165, 1.54) is 12.0 Å². The maximum absolute atomic E-state index is 12.8. The summed E-state index contributed by atoms with van der Waals surface area (Å²) in [6.45, 7) is 18.5. The number of esters is 1. The largest absolute Gasteiger partial charge is 0.481 e. The van der Waals surface area contributed by atoms with Crippen molar-refractivity contribution in [3.63, 3.8) is 0 Å². The Morgan fingerprint density at radius 2 is 1.56 bits per heavy atom. The minimum absolute atomic E-state index is 0.00181. The molecule has 0 aromatic carbocycles. The van der Waals surface area contributed by atoms with Crippen molar-refractivity contribution in [2.45, 2.75) is 126 Å². The predicted octanol–water partition coefficient (Wildman–Crippen LogP) is 7.80. The zero-order valence-corrected chi connectivity index (χ0v) is 24.1. The molecule has 5 aliphatic rings. The zero-order chi connectivity index (χ0) is 26.5. The van der Waals surface area contributed by atoms with Crippen LogP contribution in [0.1, 0.15) is 120 Å². The first-order valence-corrected chi connectivity index (χ1v) is 14.6. The van der Waals surface area contributed by atoms with Crippen LogP contribution in [-0.4, -0.2) is 23.1 Å². The molecule has 0 amide bonds. The van der Waals surface area contributed by atoms with Crippen LogP contribution in [-0.2, 0) is 14.3 Å². The van der Waals surface area contributed by atoms with Gasteiger partial charge in [0.15, 0.2) is 0 Å². The van der Waals surface area contributed by atoms with E-state index in [1.54, 1.807) is 6.92 Å². The van der Waals surface area contributed by atoms with Crippen LogP contribution in [0.4, 0.5) is 0 Å². The first-order valence-electron chi connectivity index (χ1n) is 14.6. The first kappa shape index (κ1) is 26.3. The number of aliphatic carboxylic acids is 1. The third kappa shape index (κ3) is 3.30. The lowest BCUT2D eigenvalue weighted by atomic mass is 9.33. The van der Waals surface area contributed by atoms with E-state index in [2.05, 4.69) is 54.5 Å². The predicted molar refractivity (Wildman–Crippen MR) is 142 cm³/mol. The fraction of sp³-hybridized carbons (Fsp3) is 0.875. The van der Waals surface area contributed by atoms with Gasteiger partial charge in [-0.25, -0.2) is 0 Å². The van der Waals surface area contributed by atoms with E-state index >= 15 is 0 Å². The minimum Gasteiger partial charge on any atom is -0.481 e. The Morgan fingerprint density at radius 3 is 2.19 bits per heavy atom. The molecule has 4 nitrogen and oxygen atoms in total. The maximum atomic E-state index is 12.8. The van der Waals surface area contributed by atoms with Crippen LogP contribution in [0.5, 0.6) is 0 Å². The van der Waals surface area contributed by atoms with E-state index in [1.807, 2.05) is 0 Å². The SMILES string of the molecule is CC(=O)OC1CCC2(C)C3CC=C4C5CC(C)(C)CCC5(C(=O)O)CC[C@@]4(C)C3(C)CC[C@H]2C1(C)C. The summed E-state index contributed by atoms with van der Waals surface area (Å²) in [4.78, 5) is 24.7. The van der Waals surface area contributed by atoms with E-state index in [0.717, 1.165) is 57.8 Å². The second kappa shape index (κ2) is 7.85. The fourth-order valence-electron chi connectivity index (χ4n) is 11.0. The molecule has 202 valence electrons. The normalized spacial score (nSPS) is 48.8. The van der Waals surface area contributed by atoms with E-state index in [4.69, 9.17) is 4.74 Å². The van der Waals surface area contributed by atoms with E-state index in [9.17, 15) is 14.7 Å². The van der Waals surface area contributed by atoms with Gasteiger partial charge in [0, 0.05) is 12.3 Å². The Balaban J connectivity index is 1.55. The molecule has 5 aliphatic carbocycles. The molecule has 5 rings (SSSR count). The Labute approximate surface area is 219 Å². The number of hydrogen-bond donors (Lipinski definition) is 1. The van der Waals surface area contributed by atoms with Crippen molar-refractivity contribution in [2.75, 3.05) is 0 Å². The lowest BCUT2D eigenvalue weighted by Gasteiger charge is -2.71. The Kier molecular flexibility index (Phi) is 5.74. The highest BCUT2D eigenvalue weighted by Crippen LogP contribution is 2.75. The van der Waals surface area contributed by atoms with Gasteiger partial charge in [0.25, 0.3) is 0 Å². The van der Waals surface area contributed by atoms with E-state index in [-0.39, 0.29) is 45.1 Å². The standard InChI is InChI=1S/C32H50O4/c1-20(33)36-25-12-13-29(6)23(28(25,4)5)11-14-31(8)24(29)10-9-21-22-19-27(2,3)15-17-32(22,26(34)35)18-16-30(21,31)7/h9,22-25H,10-19H2,1-8H3,(H,34,35)/t22?,23-,24?,25?,29?,30+,31?,32?/m0/s1. The number of carbonyl (C=O) groups excluding carboxylic acids is 1. The molecule has 4 fully saturated rings. The van der Waals surface area contributed by atoms with Crippen molar-refractivity contribution in [1.29, 1.82) is 0 Å². The second-order valence-corrected chi connectivity index (χ2v) is 15.6. The smallest absolute Gasteiger partial charge is 0.310 e. The molecule has 0 bridgehead atoms. The first-order chi connectivity index (χ1) is 16.5. The van der Waals surface area contributed by atoms with Crippen molar-refractivity contribution in [3.05, 3.63) is 11.6 Å². The van der Waals surface area contributed by atoms with Gasteiger partial charge in [-0.1, -0.05) is 60.1 Å². The lowest BCUT2D eigenvalue weighted by molar-refractivity contribution is -0.213. The summed E-state index contributed by atoms with van der Waals surface area (Å²) < 4.78 is 5.87. The highest BCUT2D eigenvalue weighted by molar-refractivity contribution is 5.76. The van der Waals surface area contributed by atoms with Crippen molar-refractivity contribution >= 4 is 11.9 Å². The summed E-state index contributed by atoms with van der Waals surface area (Å²) in [5, 5.41) is 10.5. The molecule has 1 N–H and O–H groups in total. The molecule has 0 spiro atoms. The van der Waals surface area contributed by atoms with Crippen LogP contribution in [0, 0.1) is 50.2 Å². The van der Waals surface area contributed by atoms with Crippen LogP contribution in [0.3, 0.4) is 0 Å². The Bertz CT molecular complexity index is 992. The maximum Gasteiger partial charge on any atom is 0.310 e. The number of carbonyl (C=O) groups is 2. The third-order valence-electron chi connectivity index (χ3n) is 13.3. The summed E-state index contributed by atoms with van der Waals surface area (Å²) in [7, 11) is 0. The molecule has 6 unspecified atom stereocenters. The molecule has 4 saturated carbocycles. The molecule has 0 saturated heterocycles. The van der Waals surface area contributed by atoms with Gasteiger partial charge < -0.3 is 9.84 Å². The van der Waals surface area contributed by atoms with Gasteiger partial charge in [0.1, 0.15) is 6.10 Å². The van der Waals surface area contributed by atoms with Crippen molar-refractivity contribution in [3.8, 4) is 0 Å². The summed E-state index contributed by atoms with van der Waals surface area (Å²) in [5.74, 6) is 0.546. The Hall–Kier alpha value is -1.32. The van der Waals surface area contributed by atoms with Crippen molar-refractivity contribution < 1.29 is 19.4 Å². The molecule has 0 aromatic rings. The van der Waals surface area contributed by atoms with Gasteiger partial charge in [-0.15, -0.1) is 0 Å². The van der Waals surface area contributed by atoms with E-state index < -0.39 is 11.4 Å². The van der Waals surface area contributed by atoms with Gasteiger partial charge in [-0.3, -0.25) is 9.59 Å². The average molecular weight is 499 g/mol. The van der Waals surface area contributed by atoms with Gasteiger partial charge >= 0.3 is 11.9 Å². The summed E-state index contributed by atoms with van der Waals surface area (Å²) in [6.07, 6.45) is 12.6. The monoisotopic (exact) mass is 498 g/mol. The molecular formula is C32H50O4. The summed E-state index contributed by atoms with van der Waals surface area (Å²) in [6, 6.07) is 0. The molecule has 0 radical (unpaired) electrons. The Morgan fingerprint density at radius 1 is 0.889 bits per heavy atom. The number of fused-ring (bicyclic) bond motifs is 7. The topological polar surface area (TPSA) is 63.6 Å². The average Bonchev–Trinajstić information content (AvgIpc) is 2.75. The lowest BCUT2D eigenvalue weighted by Crippen LogP contribution is -2.65. The van der Waals surface area contributed by atoms with E-state index in [0.29, 0.717) is 11.8 Å². The summed E-state index contributed by atoms with van der Waals surface area (Å²) in [5.41, 5.74) is 1.50. The van der Waals surface area contributed by atoms with Crippen LogP contribution >= 0.6 is 0 Å². The number of carboxylic acid groups (broad SMARTS) is 1. The number of ether oxygens (including phenoxy) is 1. The van der Waals surface area contributed by atoms with Crippen LogP contribution in [0.2, 0.25) is 0 Å².